The number of hydrogen-bond acceptors (Lipinski definition) is 3. The molecule has 5 aromatic rings. The predicted molar refractivity (Wildman–Crippen MR) is 155 cm³/mol. The molecule has 0 atom stereocenters. The van der Waals surface area contributed by atoms with Gasteiger partial charge in [0.25, 0.3) is 0 Å². The topological polar surface area (TPSA) is 53.1 Å². The predicted octanol–water partition coefficient (Wildman–Crippen LogP) is 9.09. The molecule has 5 rings (SSSR count). The van der Waals surface area contributed by atoms with Crippen LogP contribution < -0.4 is 10.5 Å². The number of nitrogens with two attached hydrogens (primary N) is 1. The average Bonchev–Trinajstić information content (AvgIpc) is 3.32. The van der Waals surface area contributed by atoms with Gasteiger partial charge in [-0.25, -0.2) is 4.98 Å². The van der Waals surface area contributed by atoms with Crippen LogP contribution in [0.3, 0.4) is 0 Å². The normalized spacial score (nSPS) is 11.2. The van der Waals surface area contributed by atoms with E-state index < -0.39 is 0 Å². The first-order valence-corrected chi connectivity index (χ1v) is 12.7. The van der Waals surface area contributed by atoms with Crippen LogP contribution >= 0.6 is 23.2 Å². The van der Waals surface area contributed by atoms with Crippen molar-refractivity contribution in [2.45, 2.75) is 13.5 Å². The lowest BCUT2D eigenvalue weighted by atomic mass is 10.0. The number of anilines is 1. The highest BCUT2D eigenvalue weighted by atomic mass is 35.5. The Morgan fingerprint density at radius 3 is 2.05 bits per heavy atom. The van der Waals surface area contributed by atoms with E-state index >= 15 is 0 Å². The van der Waals surface area contributed by atoms with Crippen molar-refractivity contribution in [2.24, 2.45) is 0 Å². The van der Waals surface area contributed by atoms with Crippen LogP contribution in [0.15, 0.2) is 97.2 Å². The third-order valence-corrected chi connectivity index (χ3v) is 6.54. The summed E-state index contributed by atoms with van der Waals surface area (Å²) in [6.45, 7) is 2.89. The first-order valence-electron chi connectivity index (χ1n) is 11.9. The van der Waals surface area contributed by atoms with Crippen molar-refractivity contribution >= 4 is 41.0 Å². The highest BCUT2D eigenvalue weighted by Gasteiger charge is 2.10. The molecular weight excluding hydrogens is 501 g/mol. The maximum Gasteiger partial charge on any atom is 0.133 e. The van der Waals surface area contributed by atoms with Crippen LogP contribution in [0.5, 0.6) is 11.5 Å². The highest BCUT2D eigenvalue weighted by molar-refractivity contribution is 6.36. The van der Waals surface area contributed by atoms with E-state index in [0.29, 0.717) is 15.7 Å². The molecule has 4 aromatic carbocycles. The molecule has 0 amide bonds. The van der Waals surface area contributed by atoms with Gasteiger partial charge in [-0.05, 0) is 84.3 Å². The minimum atomic E-state index is 0.587. The molecule has 1 heterocycles. The summed E-state index contributed by atoms with van der Waals surface area (Å²) in [6, 6.07) is 29.3. The van der Waals surface area contributed by atoms with Gasteiger partial charge in [-0.2, -0.15) is 0 Å². The second-order valence-electron chi connectivity index (χ2n) is 8.55. The Labute approximate surface area is 226 Å². The molecule has 184 valence electrons. The Morgan fingerprint density at radius 1 is 0.811 bits per heavy atom. The van der Waals surface area contributed by atoms with E-state index in [0.717, 1.165) is 51.8 Å². The molecule has 0 aliphatic rings. The molecule has 6 heteroatoms. The lowest BCUT2D eigenvalue weighted by Crippen LogP contribution is -1.94. The van der Waals surface area contributed by atoms with Crippen LogP contribution in [0.2, 0.25) is 10.0 Å². The number of hydrogen-bond donors (Lipinski definition) is 1. The lowest BCUT2D eigenvalue weighted by molar-refractivity contribution is 0.483. The molecule has 37 heavy (non-hydrogen) atoms. The van der Waals surface area contributed by atoms with Gasteiger partial charge in [0.15, 0.2) is 0 Å². The van der Waals surface area contributed by atoms with E-state index in [9.17, 15) is 0 Å². The number of imidazole rings is 1. The van der Waals surface area contributed by atoms with Gasteiger partial charge in [0, 0.05) is 29.0 Å². The summed E-state index contributed by atoms with van der Waals surface area (Å²) in [5, 5.41) is 1.19. The summed E-state index contributed by atoms with van der Waals surface area (Å²) in [6.07, 6.45) is 6.10. The zero-order valence-electron chi connectivity index (χ0n) is 20.2. The smallest absolute Gasteiger partial charge is 0.133 e. The number of aromatic nitrogens is 2. The second kappa shape index (κ2) is 11.0. The monoisotopic (exact) mass is 525 g/mol. The van der Waals surface area contributed by atoms with Crippen LogP contribution in [0.25, 0.3) is 34.5 Å². The van der Waals surface area contributed by atoms with Crippen LogP contribution in [-0.4, -0.2) is 9.55 Å². The van der Waals surface area contributed by atoms with E-state index in [-0.39, 0.29) is 0 Å². The van der Waals surface area contributed by atoms with Crippen molar-refractivity contribution in [1.82, 2.24) is 9.55 Å². The second-order valence-corrected chi connectivity index (χ2v) is 9.39. The molecule has 0 radical (unpaired) electrons. The number of ether oxygens (including phenoxy) is 1. The Balaban J connectivity index is 1.29. The Kier molecular flexibility index (Phi) is 7.31. The SMILES string of the molecule is CCn1cc(-c2ccc(Cl)cc2Cl)nc1/C=C/c1ccc(-c2ccc(Oc3ccc(N)cc3)cc2)cc1. The molecule has 1 aromatic heterocycles. The molecule has 0 saturated carbocycles. The Hall–Kier alpha value is -3.99. The van der Waals surface area contributed by atoms with E-state index in [2.05, 4.69) is 54.0 Å². The number of benzene rings is 4. The van der Waals surface area contributed by atoms with Crippen molar-refractivity contribution < 1.29 is 4.74 Å². The van der Waals surface area contributed by atoms with Gasteiger partial charge in [-0.15, -0.1) is 0 Å². The van der Waals surface area contributed by atoms with Crippen LogP contribution in [0, 0.1) is 0 Å². The highest BCUT2D eigenvalue weighted by Crippen LogP contribution is 2.30. The zero-order valence-corrected chi connectivity index (χ0v) is 21.7. The summed E-state index contributed by atoms with van der Waals surface area (Å²) in [5.41, 5.74) is 11.5. The summed E-state index contributed by atoms with van der Waals surface area (Å²) >= 11 is 12.4. The lowest BCUT2D eigenvalue weighted by Gasteiger charge is -2.08. The van der Waals surface area contributed by atoms with Gasteiger partial charge in [0.05, 0.1) is 10.7 Å². The first kappa shape index (κ1) is 24.7. The fourth-order valence-corrected chi connectivity index (χ4v) is 4.49. The Morgan fingerprint density at radius 2 is 1.43 bits per heavy atom. The van der Waals surface area contributed by atoms with Crippen LogP contribution in [0.1, 0.15) is 18.3 Å². The molecule has 2 N–H and O–H groups in total. The van der Waals surface area contributed by atoms with Crippen molar-refractivity contribution in [1.29, 1.82) is 0 Å². The summed E-state index contributed by atoms with van der Waals surface area (Å²) < 4.78 is 7.99. The van der Waals surface area contributed by atoms with Crippen molar-refractivity contribution in [2.75, 3.05) is 5.73 Å². The molecule has 0 bridgehead atoms. The number of nitrogens with zero attached hydrogens (tertiary/aromatic N) is 2. The first-order chi connectivity index (χ1) is 18.0. The van der Waals surface area contributed by atoms with Gasteiger partial charge < -0.3 is 15.0 Å². The van der Waals surface area contributed by atoms with Gasteiger partial charge >= 0.3 is 0 Å². The fraction of sp³-hybridized carbons (Fsp3) is 0.0645. The quantitative estimate of drug-likeness (QED) is 0.215. The maximum atomic E-state index is 6.39. The van der Waals surface area contributed by atoms with E-state index in [1.807, 2.05) is 60.8 Å². The maximum absolute atomic E-state index is 6.39. The number of aryl methyl sites for hydroxylation is 1. The number of nitrogen functional groups attached to an aromatic ring is 1. The summed E-state index contributed by atoms with van der Waals surface area (Å²) in [4.78, 5) is 4.80. The third-order valence-electron chi connectivity index (χ3n) is 5.99. The van der Waals surface area contributed by atoms with E-state index in [1.54, 1.807) is 6.07 Å². The summed E-state index contributed by atoms with van der Waals surface area (Å²) in [7, 11) is 0. The van der Waals surface area contributed by atoms with Crippen LogP contribution in [0.4, 0.5) is 5.69 Å². The Bertz CT molecular complexity index is 1540. The standard InChI is InChI=1S/C31H25Cl2N3O/c1-2-36-20-30(28-17-10-24(32)19-29(28)33)35-31(36)18-5-21-3-6-22(7-4-21)23-8-13-26(14-9-23)37-27-15-11-25(34)12-16-27/h3-20H,2,34H2,1H3/b18-5+. The largest absolute Gasteiger partial charge is 0.457 e. The molecule has 0 fully saturated rings. The average molecular weight is 526 g/mol. The molecule has 0 unspecified atom stereocenters. The molecular formula is C31H25Cl2N3O. The van der Waals surface area contributed by atoms with Crippen molar-refractivity contribution in [3.63, 3.8) is 0 Å². The fourth-order valence-electron chi connectivity index (χ4n) is 3.99. The minimum Gasteiger partial charge on any atom is -0.457 e. The van der Waals surface area contributed by atoms with E-state index in [4.69, 9.17) is 38.7 Å². The minimum absolute atomic E-state index is 0.587. The summed E-state index contributed by atoms with van der Waals surface area (Å²) in [5.74, 6) is 2.40. The van der Waals surface area contributed by atoms with Gasteiger partial charge in [-0.3, -0.25) is 0 Å². The molecule has 0 aliphatic heterocycles. The van der Waals surface area contributed by atoms with E-state index in [1.165, 1.54) is 0 Å². The third kappa shape index (κ3) is 5.88. The molecule has 0 spiro atoms. The number of rotatable bonds is 7. The zero-order chi connectivity index (χ0) is 25.8. The van der Waals surface area contributed by atoms with Gasteiger partial charge in [-0.1, -0.05) is 65.7 Å². The van der Waals surface area contributed by atoms with Gasteiger partial charge in [0.1, 0.15) is 17.3 Å². The van der Waals surface area contributed by atoms with Gasteiger partial charge in [0.2, 0.25) is 0 Å². The molecule has 4 nitrogen and oxygen atoms in total. The van der Waals surface area contributed by atoms with Crippen LogP contribution in [-0.2, 0) is 6.54 Å². The van der Waals surface area contributed by atoms with Crippen molar-refractivity contribution in [3.05, 3.63) is 119 Å². The molecule has 0 aliphatic carbocycles. The van der Waals surface area contributed by atoms with Crippen molar-refractivity contribution in [3.8, 4) is 33.9 Å². The number of halogens is 2. The molecule has 0 saturated heterocycles.